The Morgan fingerprint density at radius 2 is 1.69 bits per heavy atom. The highest BCUT2D eigenvalue weighted by molar-refractivity contribution is 5.94. The number of carbonyl (C=O) groups excluding carboxylic acids is 1. The van der Waals surface area contributed by atoms with Crippen molar-refractivity contribution in [3.05, 3.63) is 77.2 Å². The lowest BCUT2D eigenvalue weighted by Gasteiger charge is -2.24. The third-order valence-corrected chi connectivity index (χ3v) is 4.84. The SMILES string of the molecule is O=C(NC(c1ccccc1)c1nnc(N2CCCCC2)o1)c1cc(F)cc(F)c1. The van der Waals surface area contributed by atoms with E-state index in [1.807, 2.05) is 35.2 Å². The fourth-order valence-electron chi connectivity index (χ4n) is 3.39. The summed E-state index contributed by atoms with van der Waals surface area (Å²) in [4.78, 5) is 14.7. The Morgan fingerprint density at radius 3 is 2.38 bits per heavy atom. The second-order valence-corrected chi connectivity index (χ2v) is 6.95. The molecule has 1 N–H and O–H groups in total. The van der Waals surface area contributed by atoms with Crippen molar-refractivity contribution in [2.24, 2.45) is 0 Å². The van der Waals surface area contributed by atoms with E-state index < -0.39 is 23.6 Å². The summed E-state index contributed by atoms with van der Waals surface area (Å²) in [5, 5.41) is 11.0. The molecule has 1 aliphatic heterocycles. The third-order valence-electron chi connectivity index (χ3n) is 4.84. The predicted octanol–water partition coefficient (Wildman–Crippen LogP) is 3.86. The van der Waals surface area contributed by atoms with Gasteiger partial charge in [0.05, 0.1) is 0 Å². The second-order valence-electron chi connectivity index (χ2n) is 6.95. The standard InChI is InChI=1S/C21H20F2N4O2/c22-16-11-15(12-17(23)13-16)19(28)24-18(14-7-3-1-4-8-14)20-25-26-21(29-20)27-9-5-2-6-10-27/h1,3-4,7-8,11-13,18H,2,5-6,9-10H2,(H,24,28). The number of carbonyl (C=O) groups is 1. The van der Waals surface area contributed by atoms with Crippen LogP contribution in [0.5, 0.6) is 0 Å². The maximum absolute atomic E-state index is 13.5. The molecule has 6 nitrogen and oxygen atoms in total. The van der Waals surface area contributed by atoms with Gasteiger partial charge in [-0.15, -0.1) is 5.10 Å². The lowest BCUT2D eigenvalue weighted by molar-refractivity contribution is 0.0937. The van der Waals surface area contributed by atoms with Gasteiger partial charge in [0.2, 0.25) is 5.89 Å². The topological polar surface area (TPSA) is 71.3 Å². The number of rotatable bonds is 5. The van der Waals surface area contributed by atoms with Crippen molar-refractivity contribution < 1.29 is 18.0 Å². The van der Waals surface area contributed by atoms with Crippen molar-refractivity contribution in [2.45, 2.75) is 25.3 Å². The molecule has 1 saturated heterocycles. The van der Waals surface area contributed by atoms with Gasteiger partial charge in [0.15, 0.2) is 0 Å². The van der Waals surface area contributed by atoms with Gasteiger partial charge in [-0.2, -0.15) is 0 Å². The van der Waals surface area contributed by atoms with Crippen LogP contribution in [-0.2, 0) is 0 Å². The first-order valence-electron chi connectivity index (χ1n) is 9.50. The van der Waals surface area contributed by atoms with E-state index in [4.69, 9.17) is 4.42 Å². The number of amides is 1. The monoisotopic (exact) mass is 398 g/mol. The molecule has 1 unspecified atom stereocenters. The molecule has 1 aliphatic rings. The predicted molar refractivity (Wildman–Crippen MR) is 102 cm³/mol. The molecule has 2 heterocycles. The number of piperidine rings is 1. The summed E-state index contributed by atoms with van der Waals surface area (Å²) in [7, 11) is 0. The first-order chi connectivity index (χ1) is 14.1. The molecule has 0 radical (unpaired) electrons. The van der Waals surface area contributed by atoms with Gasteiger partial charge in [0.1, 0.15) is 17.7 Å². The Balaban J connectivity index is 1.62. The van der Waals surface area contributed by atoms with E-state index in [1.54, 1.807) is 0 Å². The Kier molecular flexibility index (Phi) is 5.50. The molecule has 29 heavy (non-hydrogen) atoms. The smallest absolute Gasteiger partial charge is 0.318 e. The number of nitrogens with one attached hydrogen (secondary N) is 1. The maximum Gasteiger partial charge on any atom is 0.318 e. The van der Waals surface area contributed by atoms with Crippen LogP contribution in [0.1, 0.15) is 47.1 Å². The Hall–Kier alpha value is -3.29. The average Bonchev–Trinajstić information content (AvgIpc) is 3.22. The molecular weight excluding hydrogens is 378 g/mol. The molecule has 0 saturated carbocycles. The lowest BCUT2D eigenvalue weighted by Crippen LogP contribution is -2.30. The van der Waals surface area contributed by atoms with Crippen LogP contribution in [0.2, 0.25) is 0 Å². The van der Waals surface area contributed by atoms with Crippen molar-refractivity contribution in [3.63, 3.8) is 0 Å². The van der Waals surface area contributed by atoms with Gasteiger partial charge in [-0.1, -0.05) is 35.4 Å². The zero-order valence-corrected chi connectivity index (χ0v) is 15.6. The van der Waals surface area contributed by atoms with Crippen molar-refractivity contribution in [1.29, 1.82) is 0 Å². The molecule has 3 aromatic rings. The van der Waals surface area contributed by atoms with Crippen molar-refractivity contribution in [1.82, 2.24) is 15.5 Å². The van der Waals surface area contributed by atoms with E-state index in [2.05, 4.69) is 15.5 Å². The van der Waals surface area contributed by atoms with Crippen molar-refractivity contribution in [3.8, 4) is 0 Å². The Morgan fingerprint density at radius 1 is 1.00 bits per heavy atom. The molecule has 1 fully saturated rings. The molecule has 0 bridgehead atoms. The van der Waals surface area contributed by atoms with Crippen molar-refractivity contribution in [2.75, 3.05) is 18.0 Å². The van der Waals surface area contributed by atoms with Gasteiger partial charge in [-0.25, -0.2) is 8.78 Å². The van der Waals surface area contributed by atoms with Gasteiger partial charge < -0.3 is 14.6 Å². The summed E-state index contributed by atoms with van der Waals surface area (Å²) in [6.45, 7) is 1.68. The van der Waals surface area contributed by atoms with Crippen LogP contribution in [-0.4, -0.2) is 29.2 Å². The number of anilines is 1. The van der Waals surface area contributed by atoms with E-state index in [-0.39, 0.29) is 11.5 Å². The highest BCUT2D eigenvalue weighted by Crippen LogP contribution is 2.26. The van der Waals surface area contributed by atoms with E-state index in [0.29, 0.717) is 17.6 Å². The highest BCUT2D eigenvalue weighted by Gasteiger charge is 2.26. The van der Waals surface area contributed by atoms with Crippen LogP contribution in [0.15, 0.2) is 52.9 Å². The molecule has 4 rings (SSSR count). The Bertz CT molecular complexity index is 967. The van der Waals surface area contributed by atoms with Crippen LogP contribution < -0.4 is 10.2 Å². The van der Waals surface area contributed by atoms with Gasteiger partial charge in [0.25, 0.3) is 5.91 Å². The molecule has 0 spiro atoms. The normalized spacial score (nSPS) is 15.2. The van der Waals surface area contributed by atoms with E-state index in [1.165, 1.54) is 6.42 Å². The molecule has 2 aromatic carbocycles. The van der Waals surface area contributed by atoms with Crippen LogP contribution in [0.3, 0.4) is 0 Å². The number of nitrogens with zero attached hydrogens (tertiary/aromatic N) is 3. The number of hydrogen-bond acceptors (Lipinski definition) is 5. The lowest BCUT2D eigenvalue weighted by atomic mass is 10.1. The van der Waals surface area contributed by atoms with Crippen LogP contribution >= 0.6 is 0 Å². The first kappa shape index (κ1) is 19.0. The molecule has 1 amide bonds. The summed E-state index contributed by atoms with van der Waals surface area (Å²) in [5.41, 5.74) is 0.589. The minimum atomic E-state index is -0.823. The number of halogens is 2. The van der Waals surface area contributed by atoms with E-state index >= 15 is 0 Å². The van der Waals surface area contributed by atoms with Gasteiger partial charge in [0, 0.05) is 24.7 Å². The number of hydrogen-bond donors (Lipinski definition) is 1. The fraction of sp³-hybridized carbons (Fsp3) is 0.286. The van der Waals surface area contributed by atoms with E-state index in [0.717, 1.165) is 38.1 Å². The van der Waals surface area contributed by atoms with Gasteiger partial charge in [-0.3, -0.25) is 4.79 Å². The number of benzene rings is 2. The molecule has 1 aromatic heterocycles. The highest BCUT2D eigenvalue weighted by atomic mass is 19.1. The van der Waals surface area contributed by atoms with Crippen LogP contribution in [0, 0.1) is 11.6 Å². The largest absolute Gasteiger partial charge is 0.405 e. The van der Waals surface area contributed by atoms with Gasteiger partial charge in [-0.05, 0) is 37.0 Å². The molecule has 150 valence electrons. The van der Waals surface area contributed by atoms with Crippen LogP contribution in [0.4, 0.5) is 14.8 Å². The maximum atomic E-state index is 13.5. The zero-order chi connectivity index (χ0) is 20.2. The minimum Gasteiger partial charge on any atom is -0.405 e. The Labute approximate surface area is 166 Å². The van der Waals surface area contributed by atoms with E-state index in [9.17, 15) is 13.6 Å². The molecular formula is C21H20F2N4O2. The molecule has 8 heteroatoms. The number of aromatic nitrogens is 2. The first-order valence-corrected chi connectivity index (χ1v) is 9.50. The minimum absolute atomic E-state index is 0.126. The summed E-state index contributed by atoms with van der Waals surface area (Å²) in [5.74, 6) is -2.08. The zero-order valence-electron chi connectivity index (χ0n) is 15.6. The summed E-state index contributed by atoms with van der Waals surface area (Å²) in [6, 6.07) is 11.4. The van der Waals surface area contributed by atoms with Crippen LogP contribution in [0.25, 0.3) is 0 Å². The second kappa shape index (κ2) is 8.38. The molecule has 0 aliphatic carbocycles. The summed E-state index contributed by atoms with van der Waals surface area (Å²) >= 11 is 0. The summed E-state index contributed by atoms with van der Waals surface area (Å²) in [6.07, 6.45) is 3.29. The fourth-order valence-corrected chi connectivity index (χ4v) is 3.39. The van der Waals surface area contributed by atoms with Crippen molar-refractivity contribution >= 4 is 11.9 Å². The third kappa shape index (κ3) is 4.42. The van der Waals surface area contributed by atoms with Gasteiger partial charge >= 0.3 is 6.01 Å². The average molecular weight is 398 g/mol. The molecule has 1 atom stereocenters. The quantitative estimate of drug-likeness (QED) is 0.707. The summed E-state index contributed by atoms with van der Waals surface area (Å²) < 4.78 is 32.9.